The summed E-state index contributed by atoms with van der Waals surface area (Å²) in [7, 11) is 0. The molecule has 0 radical (unpaired) electrons. The zero-order chi connectivity index (χ0) is 8.04. The minimum absolute atomic E-state index is 0.0915. The molecule has 0 aliphatic carbocycles. The third-order valence-corrected chi connectivity index (χ3v) is 1.90. The lowest BCUT2D eigenvalue weighted by atomic mass is 9.99. The van der Waals surface area contributed by atoms with Crippen molar-refractivity contribution in [1.82, 2.24) is 5.32 Å². The molecule has 3 N–H and O–H groups in total. The minimum Gasteiger partial charge on any atom is -0.329 e. The van der Waals surface area contributed by atoms with Gasteiger partial charge in [-0.05, 0) is 13.3 Å². The fraction of sp³-hybridized carbons (Fsp3) is 0.750. The predicted molar refractivity (Wildman–Crippen MR) is 46.0 cm³/mol. The monoisotopic (exact) mass is 142 g/mol. The van der Waals surface area contributed by atoms with Crippen LogP contribution in [0.5, 0.6) is 0 Å². The van der Waals surface area contributed by atoms with Crippen LogP contribution >= 0.6 is 0 Å². The van der Waals surface area contributed by atoms with Crippen LogP contribution in [0, 0.1) is 0 Å². The fourth-order valence-electron chi connectivity index (χ4n) is 0.660. The summed E-state index contributed by atoms with van der Waals surface area (Å²) in [4.78, 5) is 0. The van der Waals surface area contributed by atoms with Crippen molar-refractivity contribution in [3.8, 4) is 0 Å². The Morgan fingerprint density at radius 1 is 1.70 bits per heavy atom. The average molecular weight is 142 g/mol. The highest BCUT2D eigenvalue weighted by molar-refractivity contribution is 4.85. The Kier molecular flexibility index (Phi) is 4.32. The molecule has 0 aliphatic heterocycles. The number of rotatable bonds is 5. The van der Waals surface area contributed by atoms with Gasteiger partial charge in [-0.25, -0.2) is 0 Å². The molecule has 1 unspecified atom stereocenters. The van der Waals surface area contributed by atoms with Gasteiger partial charge in [0.25, 0.3) is 0 Å². The highest BCUT2D eigenvalue weighted by Gasteiger charge is 2.17. The highest BCUT2D eigenvalue weighted by Crippen LogP contribution is 2.05. The van der Waals surface area contributed by atoms with Crippen LogP contribution in [0.3, 0.4) is 0 Å². The van der Waals surface area contributed by atoms with E-state index in [0.717, 1.165) is 13.0 Å². The Bertz CT molecular complexity index is 95.4. The van der Waals surface area contributed by atoms with Crippen molar-refractivity contribution in [3.05, 3.63) is 12.7 Å². The van der Waals surface area contributed by atoms with Gasteiger partial charge in [0.05, 0.1) is 0 Å². The summed E-state index contributed by atoms with van der Waals surface area (Å²) in [6, 6.07) is 0. The zero-order valence-electron chi connectivity index (χ0n) is 6.98. The van der Waals surface area contributed by atoms with Crippen molar-refractivity contribution in [2.75, 3.05) is 13.1 Å². The molecule has 2 nitrogen and oxygen atoms in total. The van der Waals surface area contributed by atoms with Crippen molar-refractivity contribution < 1.29 is 0 Å². The van der Waals surface area contributed by atoms with E-state index in [2.05, 4.69) is 25.7 Å². The van der Waals surface area contributed by atoms with Gasteiger partial charge in [0.1, 0.15) is 0 Å². The molecule has 0 aromatic rings. The molecule has 60 valence electrons. The van der Waals surface area contributed by atoms with E-state index in [1.807, 2.05) is 6.08 Å². The molecule has 0 aliphatic rings. The molecule has 10 heavy (non-hydrogen) atoms. The second-order valence-corrected chi connectivity index (χ2v) is 2.79. The standard InChI is InChI=1S/C8H18N2/c1-4-6-10-8(3,5-2)7-9/h4,10H,1,5-7,9H2,2-3H3. The van der Waals surface area contributed by atoms with Gasteiger partial charge in [-0.15, -0.1) is 6.58 Å². The van der Waals surface area contributed by atoms with E-state index >= 15 is 0 Å². The van der Waals surface area contributed by atoms with Crippen LogP contribution in [0.1, 0.15) is 20.3 Å². The first-order valence-corrected chi connectivity index (χ1v) is 3.74. The molecule has 0 aromatic carbocycles. The van der Waals surface area contributed by atoms with Crippen molar-refractivity contribution in [2.24, 2.45) is 5.73 Å². The van der Waals surface area contributed by atoms with Crippen LogP contribution in [0.25, 0.3) is 0 Å². The second-order valence-electron chi connectivity index (χ2n) is 2.79. The van der Waals surface area contributed by atoms with Crippen LogP contribution in [0.4, 0.5) is 0 Å². The van der Waals surface area contributed by atoms with E-state index in [9.17, 15) is 0 Å². The molecular weight excluding hydrogens is 124 g/mol. The number of nitrogens with two attached hydrogens (primary N) is 1. The SMILES string of the molecule is C=CCNC(C)(CC)CN. The maximum absolute atomic E-state index is 5.56. The molecule has 0 fully saturated rings. The van der Waals surface area contributed by atoms with Crippen molar-refractivity contribution >= 4 is 0 Å². The van der Waals surface area contributed by atoms with E-state index in [4.69, 9.17) is 5.73 Å². The van der Waals surface area contributed by atoms with Crippen LogP contribution in [0.2, 0.25) is 0 Å². The predicted octanol–water partition coefficient (Wildman–Crippen LogP) is 0.889. The van der Waals surface area contributed by atoms with Crippen LogP contribution in [-0.2, 0) is 0 Å². The van der Waals surface area contributed by atoms with Crippen molar-refractivity contribution in [2.45, 2.75) is 25.8 Å². The van der Waals surface area contributed by atoms with Crippen LogP contribution in [0.15, 0.2) is 12.7 Å². The second kappa shape index (κ2) is 4.47. The molecule has 0 rings (SSSR count). The molecule has 2 heteroatoms. The Balaban J connectivity index is 3.68. The van der Waals surface area contributed by atoms with E-state index in [1.165, 1.54) is 0 Å². The molecule has 0 amide bonds. The van der Waals surface area contributed by atoms with Crippen LogP contribution in [-0.4, -0.2) is 18.6 Å². The van der Waals surface area contributed by atoms with Gasteiger partial charge in [-0.1, -0.05) is 13.0 Å². The van der Waals surface area contributed by atoms with Crippen molar-refractivity contribution in [3.63, 3.8) is 0 Å². The molecule has 0 saturated heterocycles. The Hall–Kier alpha value is -0.340. The summed E-state index contributed by atoms with van der Waals surface area (Å²) in [6.45, 7) is 9.39. The number of nitrogens with one attached hydrogen (secondary N) is 1. The lowest BCUT2D eigenvalue weighted by Gasteiger charge is -2.27. The van der Waals surface area contributed by atoms with Crippen LogP contribution < -0.4 is 11.1 Å². The van der Waals surface area contributed by atoms with Gasteiger partial charge in [0.15, 0.2) is 0 Å². The minimum atomic E-state index is 0.0915. The summed E-state index contributed by atoms with van der Waals surface area (Å²) < 4.78 is 0. The molecule has 0 saturated carbocycles. The van der Waals surface area contributed by atoms with E-state index in [1.54, 1.807) is 0 Å². The van der Waals surface area contributed by atoms with E-state index < -0.39 is 0 Å². The Morgan fingerprint density at radius 3 is 2.60 bits per heavy atom. The quantitative estimate of drug-likeness (QED) is 0.559. The Morgan fingerprint density at radius 2 is 2.30 bits per heavy atom. The summed E-state index contributed by atoms with van der Waals surface area (Å²) in [5.74, 6) is 0. The van der Waals surface area contributed by atoms with Gasteiger partial charge in [-0.3, -0.25) is 0 Å². The first-order valence-electron chi connectivity index (χ1n) is 3.74. The molecule has 0 aromatic heterocycles. The van der Waals surface area contributed by atoms with Gasteiger partial charge < -0.3 is 11.1 Å². The normalized spacial score (nSPS) is 16.3. The summed E-state index contributed by atoms with van der Waals surface area (Å²) in [5, 5.41) is 3.30. The number of hydrogen-bond acceptors (Lipinski definition) is 2. The topological polar surface area (TPSA) is 38.0 Å². The van der Waals surface area contributed by atoms with Gasteiger partial charge >= 0.3 is 0 Å². The summed E-state index contributed by atoms with van der Waals surface area (Å²) in [6.07, 6.45) is 2.90. The smallest absolute Gasteiger partial charge is 0.0275 e. The summed E-state index contributed by atoms with van der Waals surface area (Å²) >= 11 is 0. The molecular formula is C8H18N2. The fourth-order valence-corrected chi connectivity index (χ4v) is 0.660. The molecule has 0 heterocycles. The maximum atomic E-state index is 5.56. The lowest BCUT2D eigenvalue weighted by Crippen LogP contribution is -2.48. The van der Waals surface area contributed by atoms with Gasteiger partial charge in [-0.2, -0.15) is 0 Å². The van der Waals surface area contributed by atoms with E-state index in [-0.39, 0.29) is 5.54 Å². The lowest BCUT2D eigenvalue weighted by molar-refractivity contribution is 0.368. The van der Waals surface area contributed by atoms with E-state index in [0.29, 0.717) is 6.54 Å². The van der Waals surface area contributed by atoms with Gasteiger partial charge in [0.2, 0.25) is 0 Å². The molecule has 0 spiro atoms. The first-order chi connectivity index (χ1) is 4.68. The first kappa shape index (κ1) is 9.66. The van der Waals surface area contributed by atoms with Crippen molar-refractivity contribution in [1.29, 1.82) is 0 Å². The number of hydrogen-bond donors (Lipinski definition) is 2. The molecule has 0 bridgehead atoms. The largest absolute Gasteiger partial charge is 0.329 e. The maximum Gasteiger partial charge on any atom is 0.0275 e. The highest BCUT2D eigenvalue weighted by atomic mass is 15.0. The summed E-state index contributed by atoms with van der Waals surface area (Å²) in [5.41, 5.74) is 5.65. The molecule has 1 atom stereocenters. The van der Waals surface area contributed by atoms with Gasteiger partial charge in [0, 0.05) is 18.6 Å². The zero-order valence-corrected chi connectivity index (χ0v) is 6.98. The third-order valence-electron chi connectivity index (χ3n) is 1.90. The third kappa shape index (κ3) is 2.99. The Labute approximate surface area is 63.5 Å². The average Bonchev–Trinajstić information content (AvgIpc) is 2.00.